The van der Waals surface area contributed by atoms with Crippen LogP contribution < -0.4 is 0 Å². The molecule has 2 saturated heterocycles. The van der Waals surface area contributed by atoms with E-state index in [2.05, 4.69) is 18.9 Å². The van der Waals surface area contributed by atoms with Crippen molar-refractivity contribution in [1.82, 2.24) is 10.0 Å². The lowest BCUT2D eigenvalue weighted by Gasteiger charge is -2.45. The summed E-state index contributed by atoms with van der Waals surface area (Å²) >= 11 is 0. The molecule has 2 aliphatic heterocycles. The van der Waals surface area contributed by atoms with Gasteiger partial charge in [-0.1, -0.05) is 32.0 Å². The number of hydrogen-bond donors (Lipinski definition) is 0. The fourth-order valence-electron chi connectivity index (χ4n) is 3.91. The maximum Gasteiger partial charge on any atom is 0.268 e. The molecule has 0 aliphatic carbocycles. The highest BCUT2D eigenvalue weighted by atomic mass is 16.2. The first-order valence-electron chi connectivity index (χ1n) is 7.63. The summed E-state index contributed by atoms with van der Waals surface area (Å²) in [5.74, 6) is -0.0874. The minimum absolute atomic E-state index is 0.00245. The molecule has 0 saturated carbocycles. The number of hydrazine groups is 1. The fraction of sp³-hybridized carbons (Fsp3) is 0.529. The molecule has 112 valence electrons. The van der Waals surface area contributed by atoms with Gasteiger partial charge in [0, 0.05) is 24.7 Å². The zero-order valence-corrected chi connectivity index (χ0v) is 12.7. The molecule has 1 aromatic rings. The minimum atomic E-state index is -0.0898. The van der Waals surface area contributed by atoms with Crippen LogP contribution in [0.2, 0.25) is 0 Å². The van der Waals surface area contributed by atoms with Gasteiger partial charge in [-0.3, -0.25) is 9.80 Å². The van der Waals surface area contributed by atoms with Gasteiger partial charge in [0.05, 0.1) is 5.92 Å². The predicted molar refractivity (Wildman–Crippen MR) is 80.5 cm³/mol. The fourth-order valence-corrected chi connectivity index (χ4v) is 3.91. The van der Waals surface area contributed by atoms with Crippen molar-refractivity contribution in [2.24, 2.45) is 11.3 Å². The molecule has 4 heteroatoms. The number of piperidine rings is 1. The second-order valence-electron chi connectivity index (χ2n) is 6.75. The maximum absolute atomic E-state index is 12.7. The summed E-state index contributed by atoms with van der Waals surface area (Å²) in [6, 6.07) is 9.45. The summed E-state index contributed by atoms with van der Waals surface area (Å²) < 4.78 is 0. The monoisotopic (exact) mass is 286 g/mol. The average molecular weight is 286 g/mol. The Morgan fingerprint density at radius 1 is 1.29 bits per heavy atom. The summed E-state index contributed by atoms with van der Waals surface area (Å²) in [4.78, 5) is 24.2. The van der Waals surface area contributed by atoms with Crippen molar-refractivity contribution in [2.75, 3.05) is 13.1 Å². The SMILES string of the molecule is CC1(C)CCCN2[C@@H]1[C@@H](C=O)CN2C(=O)c1ccccc1. The van der Waals surface area contributed by atoms with Crippen LogP contribution in [0.1, 0.15) is 37.0 Å². The minimum Gasteiger partial charge on any atom is -0.303 e. The van der Waals surface area contributed by atoms with Crippen LogP contribution in [-0.4, -0.2) is 41.3 Å². The Labute approximate surface area is 125 Å². The normalized spacial score (nSPS) is 28.2. The highest BCUT2D eigenvalue weighted by molar-refractivity contribution is 5.94. The number of fused-ring (bicyclic) bond motifs is 1. The Bertz CT molecular complexity index is 541. The van der Waals surface area contributed by atoms with E-state index in [1.807, 2.05) is 30.3 Å². The highest BCUT2D eigenvalue weighted by Crippen LogP contribution is 2.43. The molecular weight excluding hydrogens is 264 g/mol. The Morgan fingerprint density at radius 3 is 2.67 bits per heavy atom. The molecule has 1 amide bonds. The number of amides is 1. The van der Waals surface area contributed by atoms with Gasteiger partial charge in [0.1, 0.15) is 6.29 Å². The van der Waals surface area contributed by atoms with Crippen molar-refractivity contribution >= 4 is 12.2 Å². The second-order valence-corrected chi connectivity index (χ2v) is 6.75. The smallest absolute Gasteiger partial charge is 0.268 e. The van der Waals surface area contributed by atoms with Crippen LogP contribution in [0.5, 0.6) is 0 Å². The van der Waals surface area contributed by atoms with Crippen LogP contribution in [0.25, 0.3) is 0 Å². The number of hydrogen-bond acceptors (Lipinski definition) is 3. The van der Waals surface area contributed by atoms with Gasteiger partial charge in [-0.05, 0) is 30.4 Å². The largest absolute Gasteiger partial charge is 0.303 e. The van der Waals surface area contributed by atoms with E-state index in [0.29, 0.717) is 12.1 Å². The van der Waals surface area contributed by atoms with Gasteiger partial charge in [0.15, 0.2) is 0 Å². The number of rotatable bonds is 2. The molecule has 2 aliphatic rings. The first-order valence-corrected chi connectivity index (χ1v) is 7.63. The van der Waals surface area contributed by atoms with Crippen LogP contribution in [0.4, 0.5) is 0 Å². The molecule has 0 aromatic heterocycles. The molecule has 21 heavy (non-hydrogen) atoms. The Kier molecular flexibility index (Phi) is 3.57. The van der Waals surface area contributed by atoms with E-state index < -0.39 is 0 Å². The molecule has 0 spiro atoms. The Morgan fingerprint density at radius 2 is 2.00 bits per heavy atom. The second kappa shape index (κ2) is 5.26. The van der Waals surface area contributed by atoms with Crippen LogP contribution in [-0.2, 0) is 4.79 Å². The van der Waals surface area contributed by atoms with E-state index in [4.69, 9.17) is 0 Å². The predicted octanol–water partition coefficient (Wildman–Crippen LogP) is 2.36. The highest BCUT2D eigenvalue weighted by Gasteiger charge is 2.51. The summed E-state index contributed by atoms with van der Waals surface area (Å²) in [5, 5.41) is 3.93. The molecule has 3 rings (SSSR count). The van der Waals surface area contributed by atoms with E-state index in [-0.39, 0.29) is 23.3 Å². The molecule has 4 nitrogen and oxygen atoms in total. The van der Waals surface area contributed by atoms with Crippen molar-refractivity contribution < 1.29 is 9.59 Å². The molecular formula is C17H22N2O2. The standard InChI is InChI=1S/C17H22N2O2/c1-17(2)9-6-10-18-15(17)14(12-20)11-19(18)16(21)13-7-4-3-5-8-13/h3-5,7-8,12,14-15H,6,9-11H2,1-2H3/t14-,15-/m1/s1. The van der Waals surface area contributed by atoms with Crippen LogP contribution >= 0.6 is 0 Å². The summed E-state index contributed by atoms with van der Waals surface area (Å²) in [6.45, 7) is 5.77. The van der Waals surface area contributed by atoms with Crippen molar-refractivity contribution in [3.63, 3.8) is 0 Å². The van der Waals surface area contributed by atoms with Crippen molar-refractivity contribution in [3.05, 3.63) is 35.9 Å². The quantitative estimate of drug-likeness (QED) is 0.784. The number of carbonyl (C=O) groups excluding carboxylic acids is 2. The number of benzene rings is 1. The lowest BCUT2D eigenvalue weighted by Crippen LogP contribution is -2.53. The zero-order chi connectivity index (χ0) is 15.0. The third kappa shape index (κ3) is 2.38. The third-order valence-corrected chi connectivity index (χ3v) is 4.86. The van der Waals surface area contributed by atoms with E-state index in [0.717, 1.165) is 25.7 Å². The van der Waals surface area contributed by atoms with Gasteiger partial charge in [-0.2, -0.15) is 0 Å². The third-order valence-electron chi connectivity index (χ3n) is 4.86. The molecule has 2 heterocycles. The van der Waals surface area contributed by atoms with E-state index in [1.54, 1.807) is 5.01 Å². The van der Waals surface area contributed by atoms with Crippen molar-refractivity contribution in [1.29, 1.82) is 0 Å². The van der Waals surface area contributed by atoms with E-state index >= 15 is 0 Å². The first kappa shape index (κ1) is 14.3. The van der Waals surface area contributed by atoms with Crippen LogP contribution in [0.15, 0.2) is 30.3 Å². The lowest BCUT2D eigenvalue weighted by molar-refractivity contribution is -0.114. The summed E-state index contributed by atoms with van der Waals surface area (Å²) in [7, 11) is 0. The number of nitrogens with zero attached hydrogens (tertiary/aromatic N) is 2. The molecule has 0 bridgehead atoms. The first-order chi connectivity index (χ1) is 10.0. The molecule has 1 aromatic carbocycles. The topological polar surface area (TPSA) is 40.6 Å². The van der Waals surface area contributed by atoms with Crippen LogP contribution in [0, 0.1) is 11.3 Å². The van der Waals surface area contributed by atoms with Crippen molar-refractivity contribution in [2.45, 2.75) is 32.7 Å². The Hall–Kier alpha value is -1.68. The summed E-state index contributed by atoms with van der Waals surface area (Å²) in [5.41, 5.74) is 0.751. The zero-order valence-electron chi connectivity index (χ0n) is 12.7. The number of aldehydes is 1. The van der Waals surface area contributed by atoms with Gasteiger partial charge in [-0.15, -0.1) is 0 Å². The van der Waals surface area contributed by atoms with Crippen molar-refractivity contribution in [3.8, 4) is 0 Å². The molecule has 2 fully saturated rings. The van der Waals surface area contributed by atoms with Gasteiger partial charge in [0.25, 0.3) is 5.91 Å². The molecule has 2 atom stereocenters. The van der Waals surface area contributed by atoms with Crippen LogP contribution in [0.3, 0.4) is 0 Å². The van der Waals surface area contributed by atoms with Gasteiger partial charge in [-0.25, -0.2) is 5.01 Å². The number of carbonyl (C=O) groups is 2. The average Bonchev–Trinajstić information content (AvgIpc) is 2.87. The van der Waals surface area contributed by atoms with Gasteiger partial charge >= 0.3 is 0 Å². The molecule has 0 radical (unpaired) electrons. The van der Waals surface area contributed by atoms with Gasteiger partial charge < -0.3 is 4.79 Å². The molecule has 0 unspecified atom stereocenters. The van der Waals surface area contributed by atoms with E-state index in [9.17, 15) is 9.59 Å². The van der Waals surface area contributed by atoms with Gasteiger partial charge in [0.2, 0.25) is 0 Å². The molecule has 0 N–H and O–H groups in total. The lowest BCUT2D eigenvalue weighted by atomic mass is 9.73. The van der Waals surface area contributed by atoms with E-state index in [1.165, 1.54) is 0 Å². The summed E-state index contributed by atoms with van der Waals surface area (Å²) in [6.07, 6.45) is 3.20. The Balaban J connectivity index is 1.91. The maximum atomic E-state index is 12.7.